The van der Waals surface area contributed by atoms with Gasteiger partial charge in [0.1, 0.15) is 5.54 Å². The molecule has 0 spiro atoms. The van der Waals surface area contributed by atoms with Crippen molar-refractivity contribution in [1.29, 1.82) is 0 Å². The van der Waals surface area contributed by atoms with E-state index in [1.165, 1.54) is 11.1 Å². The van der Waals surface area contributed by atoms with Crippen LogP contribution in [0.25, 0.3) is 0 Å². The quantitative estimate of drug-likeness (QED) is 0.443. The molecule has 4 rings (SSSR count). The third-order valence-electron chi connectivity index (χ3n) is 5.59. The molecule has 0 aliphatic carbocycles. The fraction of sp³-hybridized carbons (Fsp3) is 0.240. The van der Waals surface area contributed by atoms with Crippen molar-refractivity contribution in [1.82, 2.24) is 4.90 Å². The highest BCUT2D eigenvalue weighted by Crippen LogP contribution is 2.60. The Bertz CT molecular complexity index is 887. The summed E-state index contributed by atoms with van der Waals surface area (Å²) < 4.78 is 5.49. The van der Waals surface area contributed by atoms with Crippen LogP contribution in [0.5, 0.6) is 0 Å². The summed E-state index contributed by atoms with van der Waals surface area (Å²) in [5, 5.41) is 0. The Morgan fingerprint density at radius 1 is 0.893 bits per heavy atom. The molecule has 0 amide bonds. The minimum absolute atomic E-state index is 0.0259. The van der Waals surface area contributed by atoms with Gasteiger partial charge in [0.25, 0.3) is 0 Å². The second kappa shape index (κ2) is 7.61. The fourth-order valence-electron chi connectivity index (χ4n) is 4.23. The van der Waals surface area contributed by atoms with Crippen LogP contribution in [0.3, 0.4) is 0 Å². The zero-order valence-electron chi connectivity index (χ0n) is 16.3. The molecule has 3 aromatic rings. The third-order valence-corrected chi connectivity index (χ3v) is 5.59. The van der Waals surface area contributed by atoms with Crippen LogP contribution in [-0.4, -0.2) is 23.0 Å². The Labute approximate surface area is 166 Å². The maximum atomic E-state index is 13.0. The minimum atomic E-state index is -0.701. The van der Waals surface area contributed by atoms with E-state index in [-0.39, 0.29) is 18.1 Å². The van der Waals surface area contributed by atoms with E-state index in [1.807, 2.05) is 68.4 Å². The highest BCUT2D eigenvalue weighted by Gasteiger charge is 2.68. The lowest BCUT2D eigenvalue weighted by molar-refractivity contribution is -0.147. The monoisotopic (exact) mass is 371 g/mol. The van der Waals surface area contributed by atoms with Gasteiger partial charge < -0.3 is 4.74 Å². The standard InChI is InChI=1S/C25H25NO2/c1-3-28-24(27)25(2)23(21-17-11-6-12-18-21)26(25)22(19-13-7-4-8-14-19)20-15-9-5-10-16-20/h4-18,22-23H,3H2,1-2H3/t23-,25-,26?/m1/s1. The number of carbonyl (C=O) groups excluding carboxylic acids is 1. The molecule has 1 heterocycles. The van der Waals surface area contributed by atoms with Gasteiger partial charge in [0.05, 0.1) is 18.7 Å². The first-order valence-electron chi connectivity index (χ1n) is 9.78. The van der Waals surface area contributed by atoms with Crippen LogP contribution in [0.2, 0.25) is 0 Å². The first-order chi connectivity index (χ1) is 13.7. The molecular weight excluding hydrogens is 346 g/mol. The molecule has 1 fully saturated rings. The van der Waals surface area contributed by atoms with Crippen molar-refractivity contribution in [2.24, 2.45) is 0 Å². The first kappa shape index (κ1) is 18.5. The summed E-state index contributed by atoms with van der Waals surface area (Å²) >= 11 is 0. The van der Waals surface area contributed by atoms with E-state index in [2.05, 4.69) is 41.3 Å². The van der Waals surface area contributed by atoms with Gasteiger partial charge in [-0.1, -0.05) is 91.0 Å². The summed E-state index contributed by atoms with van der Waals surface area (Å²) in [6.07, 6.45) is 0. The number of nitrogens with zero attached hydrogens (tertiary/aromatic N) is 1. The van der Waals surface area contributed by atoms with Crippen LogP contribution in [0.15, 0.2) is 91.0 Å². The third kappa shape index (κ3) is 3.12. The predicted octanol–water partition coefficient (Wildman–Crippen LogP) is 5.15. The van der Waals surface area contributed by atoms with E-state index in [1.54, 1.807) is 0 Å². The Balaban J connectivity index is 1.83. The molecular formula is C25H25NO2. The summed E-state index contributed by atoms with van der Waals surface area (Å²) in [5.41, 5.74) is 2.77. The van der Waals surface area contributed by atoms with Crippen LogP contribution in [-0.2, 0) is 9.53 Å². The summed E-state index contributed by atoms with van der Waals surface area (Å²) in [6.45, 7) is 4.24. The number of esters is 1. The van der Waals surface area contributed by atoms with Crippen molar-refractivity contribution in [3.63, 3.8) is 0 Å². The van der Waals surface area contributed by atoms with Crippen molar-refractivity contribution in [3.8, 4) is 0 Å². The maximum absolute atomic E-state index is 13.0. The van der Waals surface area contributed by atoms with E-state index in [9.17, 15) is 4.79 Å². The van der Waals surface area contributed by atoms with Gasteiger partial charge in [-0.3, -0.25) is 4.90 Å². The summed E-state index contributed by atoms with van der Waals surface area (Å²) in [5.74, 6) is -0.166. The van der Waals surface area contributed by atoms with E-state index < -0.39 is 5.54 Å². The highest BCUT2D eigenvalue weighted by molar-refractivity contribution is 5.86. The Morgan fingerprint density at radius 3 is 1.82 bits per heavy atom. The predicted molar refractivity (Wildman–Crippen MR) is 111 cm³/mol. The number of benzene rings is 3. The van der Waals surface area contributed by atoms with E-state index >= 15 is 0 Å². The molecule has 28 heavy (non-hydrogen) atoms. The number of ether oxygens (including phenoxy) is 1. The minimum Gasteiger partial charge on any atom is -0.465 e. The topological polar surface area (TPSA) is 29.3 Å². The van der Waals surface area contributed by atoms with Crippen LogP contribution < -0.4 is 0 Å². The smallest absolute Gasteiger partial charge is 0.328 e. The van der Waals surface area contributed by atoms with Gasteiger partial charge in [0.15, 0.2) is 0 Å². The van der Waals surface area contributed by atoms with Gasteiger partial charge in [0.2, 0.25) is 0 Å². The van der Waals surface area contributed by atoms with E-state index in [4.69, 9.17) is 4.74 Å². The average molecular weight is 371 g/mol. The normalized spacial score (nSPS) is 23.4. The van der Waals surface area contributed by atoms with Crippen molar-refractivity contribution >= 4 is 5.97 Å². The number of hydrogen-bond donors (Lipinski definition) is 0. The lowest BCUT2D eigenvalue weighted by Crippen LogP contribution is -2.30. The molecule has 1 saturated heterocycles. The molecule has 0 radical (unpaired) electrons. The molecule has 3 heteroatoms. The summed E-state index contributed by atoms with van der Waals surface area (Å²) in [7, 11) is 0. The number of rotatable bonds is 6. The Morgan fingerprint density at radius 2 is 1.36 bits per heavy atom. The van der Waals surface area contributed by atoms with Gasteiger partial charge in [-0.25, -0.2) is 4.79 Å². The van der Waals surface area contributed by atoms with Crippen molar-refractivity contribution < 1.29 is 9.53 Å². The van der Waals surface area contributed by atoms with Crippen LogP contribution >= 0.6 is 0 Å². The lowest BCUT2D eigenvalue weighted by atomic mass is 9.98. The van der Waals surface area contributed by atoms with Crippen molar-refractivity contribution in [3.05, 3.63) is 108 Å². The highest BCUT2D eigenvalue weighted by atomic mass is 16.5. The summed E-state index contributed by atoms with van der Waals surface area (Å²) in [6, 6.07) is 30.9. The van der Waals surface area contributed by atoms with Crippen LogP contribution in [0, 0.1) is 0 Å². The number of hydrogen-bond acceptors (Lipinski definition) is 3. The molecule has 142 valence electrons. The second-order valence-electron chi connectivity index (χ2n) is 7.31. The van der Waals surface area contributed by atoms with E-state index in [0.717, 1.165) is 5.56 Å². The molecule has 1 aliphatic heterocycles. The average Bonchev–Trinajstić information content (AvgIpc) is 3.37. The molecule has 0 N–H and O–H groups in total. The zero-order chi connectivity index (χ0) is 19.6. The van der Waals surface area contributed by atoms with Gasteiger partial charge >= 0.3 is 5.97 Å². The molecule has 1 aliphatic rings. The first-order valence-corrected chi connectivity index (χ1v) is 9.78. The Hall–Kier alpha value is -2.91. The largest absolute Gasteiger partial charge is 0.465 e. The van der Waals surface area contributed by atoms with Crippen molar-refractivity contribution in [2.75, 3.05) is 6.61 Å². The second-order valence-corrected chi connectivity index (χ2v) is 7.31. The maximum Gasteiger partial charge on any atom is 0.328 e. The van der Waals surface area contributed by atoms with Crippen LogP contribution in [0.4, 0.5) is 0 Å². The SMILES string of the molecule is CCOC(=O)[C@@]1(C)[C@@H](c2ccccc2)N1C(c1ccccc1)c1ccccc1. The molecule has 1 unspecified atom stereocenters. The molecule has 3 nitrogen and oxygen atoms in total. The fourth-order valence-corrected chi connectivity index (χ4v) is 4.23. The van der Waals surface area contributed by atoms with Gasteiger partial charge in [0, 0.05) is 0 Å². The zero-order valence-corrected chi connectivity index (χ0v) is 16.3. The van der Waals surface area contributed by atoms with Gasteiger partial charge in [-0.2, -0.15) is 0 Å². The van der Waals surface area contributed by atoms with Crippen LogP contribution in [0.1, 0.15) is 42.6 Å². The molecule has 3 aromatic carbocycles. The summed E-state index contributed by atoms with van der Waals surface area (Å²) in [4.78, 5) is 15.3. The molecule has 0 saturated carbocycles. The molecule has 0 bridgehead atoms. The van der Waals surface area contributed by atoms with E-state index in [0.29, 0.717) is 6.61 Å². The molecule has 3 atom stereocenters. The van der Waals surface area contributed by atoms with Gasteiger partial charge in [-0.15, -0.1) is 0 Å². The van der Waals surface area contributed by atoms with Crippen molar-refractivity contribution in [2.45, 2.75) is 31.5 Å². The Kier molecular flexibility index (Phi) is 5.01. The lowest BCUT2D eigenvalue weighted by Gasteiger charge is -2.23. The number of carbonyl (C=O) groups is 1. The van der Waals surface area contributed by atoms with Gasteiger partial charge in [-0.05, 0) is 30.5 Å². The molecule has 0 aromatic heterocycles.